The lowest BCUT2D eigenvalue weighted by atomic mass is 9.80. The fraction of sp³-hybridized carbons (Fsp3) is 0.278. The third-order valence-corrected chi connectivity index (χ3v) is 4.34. The Kier molecular flexibility index (Phi) is 3.41. The molecule has 0 fully saturated rings. The van der Waals surface area contributed by atoms with E-state index in [1.54, 1.807) is 18.6 Å². The topological polar surface area (TPSA) is 69.1 Å². The van der Waals surface area contributed by atoms with E-state index in [2.05, 4.69) is 9.97 Å². The van der Waals surface area contributed by atoms with E-state index in [1.165, 1.54) is 0 Å². The summed E-state index contributed by atoms with van der Waals surface area (Å²) < 4.78 is 0. The van der Waals surface area contributed by atoms with Crippen molar-refractivity contribution in [1.29, 1.82) is 0 Å². The normalized spacial score (nSPS) is 14.4. The van der Waals surface area contributed by atoms with Gasteiger partial charge in [0.05, 0.1) is 18.2 Å². The number of aromatic hydroxyl groups is 1. The van der Waals surface area contributed by atoms with Gasteiger partial charge in [-0.25, -0.2) is 4.98 Å². The minimum absolute atomic E-state index is 0.0244. The number of phenols is 1. The van der Waals surface area contributed by atoms with Crippen molar-refractivity contribution in [3.63, 3.8) is 0 Å². The Balaban J connectivity index is 2.21. The van der Waals surface area contributed by atoms with Crippen LogP contribution in [0.15, 0.2) is 42.9 Å². The number of imidazole rings is 1. The molecule has 0 spiro atoms. The Morgan fingerprint density at radius 2 is 1.91 bits per heavy atom. The minimum atomic E-state index is -1.13. The monoisotopic (exact) mass is 296 g/mol. The number of aryl methyl sites for hydroxylation is 1. The Hall–Kier alpha value is -2.33. The Bertz CT molecular complexity index is 809. The zero-order chi connectivity index (χ0) is 15.9. The van der Waals surface area contributed by atoms with E-state index in [-0.39, 0.29) is 11.7 Å². The van der Waals surface area contributed by atoms with E-state index in [4.69, 9.17) is 0 Å². The molecule has 4 heteroatoms. The molecule has 1 aromatic heterocycles. The van der Waals surface area contributed by atoms with Gasteiger partial charge in [0.15, 0.2) is 0 Å². The van der Waals surface area contributed by atoms with Crippen molar-refractivity contribution in [3.8, 4) is 5.75 Å². The number of phenolic OH excluding ortho intramolecular Hbond substituents is 1. The fourth-order valence-corrected chi connectivity index (χ4v) is 2.90. The molecule has 0 aliphatic rings. The standard InChI is InChI=1S/C18H20N2O2/c1-11(2)18(22,17-9-19-10-20-17)15-5-4-13-8-16(21)12(3)6-14(13)7-15/h4-11,21-22H,1-3H3,(H,19,20). The highest BCUT2D eigenvalue weighted by atomic mass is 16.3. The molecule has 114 valence electrons. The molecule has 0 saturated heterocycles. The first kappa shape index (κ1) is 14.6. The second kappa shape index (κ2) is 5.14. The lowest BCUT2D eigenvalue weighted by molar-refractivity contribution is 0.0281. The van der Waals surface area contributed by atoms with Gasteiger partial charge in [-0.3, -0.25) is 0 Å². The second-order valence-corrected chi connectivity index (χ2v) is 6.09. The highest BCUT2D eigenvalue weighted by molar-refractivity contribution is 5.85. The van der Waals surface area contributed by atoms with Crippen LogP contribution in [0.3, 0.4) is 0 Å². The molecule has 3 rings (SSSR count). The van der Waals surface area contributed by atoms with Gasteiger partial charge in [-0.15, -0.1) is 0 Å². The van der Waals surface area contributed by atoms with Crippen LogP contribution >= 0.6 is 0 Å². The predicted octanol–water partition coefficient (Wildman–Crippen LogP) is 3.47. The van der Waals surface area contributed by atoms with E-state index in [9.17, 15) is 10.2 Å². The van der Waals surface area contributed by atoms with Crippen molar-refractivity contribution in [2.45, 2.75) is 26.4 Å². The number of aliphatic hydroxyl groups is 1. The number of nitrogens with one attached hydrogen (secondary N) is 1. The molecule has 0 amide bonds. The third-order valence-electron chi connectivity index (χ3n) is 4.34. The van der Waals surface area contributed by atoms with Crippen LogP contribution in [-0.4, -0.2) is 20.2 Å². The Labute approximate surface area is 129 Å². The first-order valence-electron chi connectivity index (χ1n) is 7.38. The van der Waals surface area contributed by atoms with Crippen molar-refractivity contribution in [3.05, 3.63) is 59.7 Å². The molecule has 1 heterocycles. The van der Waals surface area contributed by atoms with Gasteiger partial charge < -0.3 is 15.2 Å². The van der Waals surface area contributed by atoms with Crippen molar-refractivity contribution in [2.24, 2.45) is 5.92 Å². The van der Waals surface area contributed by atoms with Gasteiger partial charge in [-0.1, -0.05) is 26.0 Å². The predicted molar refractivity (Wildman–Crippen MR) is 86.8 cm³/mol. The van der Waals surface area contributed by atoms with Crippen molar-refractivity contribution in [1.82, 2.24) is 9.97 Å². The summed E-state index contributed by atoms with van der Waals surface area (Å²) in [4.78, 5) is 7.06. The Morgan fingerprint density at radius 3 is 2.55 bits per heavy atom. The van der Waals surface area contributed by atoms with E-state index in [0.717, 1.165) is 21.9 Å². The molecule has 2 aromatic carbocycles. The van der Waals surface area contributed by atoms with Gasteiger partial charge in [-0.05, 0) is 52.9 Å². The average molecular weight is 296 g/mol. The number of aromatic nitrogens is 2. The number of nitrogens with zero attached hydrogens (tertiary/aromatic N) is 1. The molecule has 3 aromatic rings. The van der Waals surface area contributed by atoms with Crippen LogP contribution in [0.25, 0.3) is 10.8 Å². The summed E-state index contributed by atoms with van der Waals surface area (Å²) in [5.41, 5.74) is 1.18. The van der Waals surface area contributed by atoms with Gasteiger partial charge in [0.25, 0.3) is 0 Å². The first-order chi connectivity index (χ1) is 10.4. The molecule has 0 aliphatic heterocycles. The Morgan fingerprint density at radius 1 is 1.14 bits per heavy atom. The summed E-state index contributed by atoms with van der Waals surface area (Å²) >= 11 is 0. The molecule has 22 heavy (non-hydrogen) atoms. The van der Waals surface area contributed by atoms with Crippen molar-refractivity contribution in [2.75, 3.05) is 0 Å². The molecule has 0 aliphatic carbocycles. The van der Waals surface area contributed by atoms with E-state index in [1.807, 2.05) is 45.0 Å². The minimum Gasteiger partial charge on any atom is -0.508 e. The molecule has 1 atom stereocenters. The van der Waals surface area contributed by atoms with Crippen LogP contribution in [-0.2, 0) is 5.60 Å². The maximum atomic E-state index is 11.3. The molecular formula is C18H20N2O2. The summed E-state index contributed by atoms with van der Waals surface area (Å²) in [6, 6.07) is 9.48. The average Bonchev–Trinajstić information content (AvgIpc) is 3.01. The smallest absolute Gasteiger partial charge is 0.133 e. The number of rotatable bonds is 3. The van der Waals surface area contributed by atoms with Gasteiger partial charge >= 0.3 is 0 Å². The molecule has 1 unspecified atom stereocenters. The quantitative estimate of drug-likeness (QED) is 0.693. The molecule has 0 saturated carbocycles. The number of aromatic amines is 1. The summed E-state index contributed by atoms with van der Waals surface area (Å²) in [6.45, 7) is 5.82. The maximum Gasteiger partial charge on any atom is 0.133 e. The highest BCUT2D eigenvalue weighted by Gasteiger charge is 2.36. The van der Waals surface area contributed by atoms with Crippen molar-refractivity contribution >= 4 is 10.8 Å². The van der Waals surface area contributed by atoms with Gasteiger partial charge in [-0.2, -0.15) is 0 Å². The summed E-state index contributed by atoms with van der Waals surface area (Å²) in [7, 11) is 0. The number of hydrogen-bond donors (Lipinski definition) is 3. The van der Waals surface area contributed by atoms with Crippen LogP contribution in [0.4, 0.5) is 0 Å². The third kappa shape index (κ3) is 2.16. The van der Waals surface area contributed by atoms with Gasteiger partial charge in [0, 0.05) is 0 Å². The number of benzene rings is 2. The zero-order valence-electron chi connectivity index (χ0n) is 13.0. The molecule has 0 bridgehead atoms. The van der Waals surface area contributed by atoms with Crippen LogP contribution < -0.4 is 0 Å². The van der Waals surface area contributed by atoms with Gasteiger partial charge in [0.2, 0.25) is 0 Å². The van der Waals surface area contributed by atoms with E-state index >= 15 is 0 Å². The van der Waals surface area contributed by atoms with Crippen LogP contribution in [0.2, 0.25) is 0 Å². The van der Waals surface area contributed by atoms with Crippen molar-refractivity contribution < 1.29 is 10.2 Å². The van der Waals surface area contributed by atoms with E-state index in [0.29, 0.717) is 5.69 Å². The zero-order valence-corrected chi connectivity index (χ0v) is 13.0. The SMILES string of the molecule is Cc1cc2cc(C(O)(c3cnc[nH]3)C(C)C)ccc2cc1O. The number of fused-ring (bicyclic) bond motifs is 1. The van der Waals surface area contributed by atoms with E-state index < -0.39 is 5.60 Å². The first-order valence-corrected chi connectivity index (χ1v) is 7.38. The molecule has 3 N–H and O–H groups in total. The molecular weight excluding hydrogens is 276 g/mol. The fourth-order valence-electron chi connectivity index (χ4n) is 2.90. The maximum absolute atomic E-state index is 11.3. The van der Waals surface area contributed by atoms with Crippen LogP contribution in [0.1, 0.15) is 30.7 Å². The summed E-state index contributed by atoms with van der Waals surface area (Å²) in [5.74, 6) is 0.261. The number of hydrogen-bond acceptors (Lipinski definition) is 3. The van der Waals surface area contributed by atoms with Crippen LogP contribution in [0, 0.1) is 12.8 Å². The molecule has 0 radical (unpaired) electrons. The lowest BCUT2D eigenvalue weighted by Gasteiger charge is -2.32. The van der Waals surface area contributed by atoms with Gasteiger partial charge in [0.1, 0.15) is 11.4 Å². The highest BCUT2D eigenvalue weighted by Crippen LogP contribution is 2.37. The number of H-pyrrole nitrogens is 1. The van der Waals surface area contributed by atoms with Crippen LogP contribution in [0.5, 0.6) is 5.75 Å². The second-order valence-electron chi connectivity index (χ2n) is 6.09. The summed E-state index contributed by atoms with van der Waals surface area (Å²) in [6.07, 6.45) is 3.23. The molecule has 4 nitrogen and oxygen atoms in total. The lowest BCUT2D eigenvalue weighted by Crippen LogP contribution is -2.33. The largest absolute Gasteiger partial charge is 0.508 e. The summed E-state index contributed by atoms with van der Waals surface area (Å²) in [5, 5.41) is 23.0.